The third kappa shape index (κ3) is 4.86. The van der Waals surface area contributed by atoms with Crippen molar-refractivity contribution < 1.29 is 5.11 Å². The lowest BCUT2D eigenvalue weighted by Crippen LogP contribution is -2.37. The minimum Gasteiger partial charge on any atom is -0.395 e. The van der Waals surface area contributed by atoms with E-state index in [1.54, 1.807) is 17.0 Å². The van der Waals surface area contributed by atoms with E-state index in [4.69, 9.17) is 23.8 Å². The van der Waals surface area contributed by atoms with Gasteiger partial charge in [-0.05, 0) is 60.4 Å². The molecule has 1 aromatic heterocycles. The Morgan fingerprint density at radius 1 is 1.26 bits per heavy atom. The van der Waals surface area contributed by atoms with E-state index in [-0.39, 0.29) is 18.7 Å². The number of benzene rings is 2. The predicted molar refractivity (Wildman–Crippen MR) is 114 cm³/mol. The van der Waals surface area contributed by atoms with Crippen molar-refractivity contribution >= 4 is 45.5 Å². The molecule has 0 aliphatic heterocycles. The molecule has 0 fully saturated rings. The summed E-state index contributed by atoms with van der Waals surface area (Å²) in [5.74, 6) is 0. The minimum absolute atomic E-state index is 0.0813. The molecule has 0 bridgehead atoms. The topological polar surface area (TPSA) is 68.4 Å². The smallest absolute Gasteiger partial charge is 0.253 e. The van der Waals surface area contributed by atoms with Gasteiger partial charge >= 0.3 is 0 Å². The van der Waals surface area contributed by atoms with Crippen LogP contribution in [0.4, 0.5) is 5.69 Å². The number of aliphatic hydroxyl groups excluding tert-OH is 1. The fraction of sp³-hybridized carbons (Fsp3) is 0.200. The van der Waals surface area contributed by atoms with E-state index >= 15 is 0 Å². The highest BCUT2D eigenvalue weighted by Gasteiger charge is 2.13. The maximum atomic E-state index is 12.5. The monoisotopic (exact) mass is 401 g/mol. The number of nitrogens with one attached hydrogen (secondary N) is 2. The Hall–Kier alpha value is -2.41. The zero-order valence-electron chi connectivity index (χ0n) is 14.8. The Morgan fingerprint density at radius 3 is 2.81 bits per heavy atom. The maximum Gasteiger partial charge on any atom is 0.253 e. The molecular formula is C20H20ClN3O2S. The highest BCUT2D eigenvalue weighted by atomic mass is 35.5. The average molecular weight is 402 g/mol. The molecule has 5 nitrogen and oxygen atoms in total. The third-order valence-electron chi connectivity index (χ3n) is 4.17. The Morgan fingerprint density at radius 2 is 2.07 bits per heavy atom. The summed E-state index contributed by atoms with van der Waals surface area (Å²) < 4.78 is 0. The molecule has 0 amide bonds. The van der Waals surface area contributed by atoms with Gasteiger partial charge in [-0.3, -0.25) is 4.79 Å². The lowest BCUT2D eigenvalue weighted by atomic mass is 10.1. The molecule has 0 atom stereocenters. The molecule has 3 aromatic rings. The largest absolute Gasteiger partial charge is 0.395 e. The molecule has 0 saturated heterocycles. The van der Waals surface area contributed by atoms with Gasteiger partial charge in [0.1, 0.15) is 0 Å². The molecule has 0 aliphatic rings. The molecule has 0 radical (unpaired) electrons. The van der Waals surface area contributed by atoms with Gasteiger partial charge < -0.3 is 20.3 Å². The number of anilines is 1. The molecule has 1 heterocycles. The highest BCUT2D eigenvalue weighted by Crippen LogP contribution is 2.17. The molecular weight excluding hydrogens is 382 g/mol. The van der Waals surface area contributed by atoms with Crippen LogP contribution < -0.4 is 10.9 Å². The van der Waals surface area contributed by atoms with Crippen molar-refractivity contribution in [3.05, 3.63) is 75.0 Å². The van der Waals surface area contributed by atoms with E-state index in [0.29, 0.717) is 22.2 Å². The van der Waals surface area contributed by atoms with Gasteiger partial charge in [0.15, 0.2) is 5.11 Å². The fourth-order valence-corrected chi connectivity index (χ4v) is 3.29. The number of aromatic amines is 1. The second-order valence-corrected chi connectivity index (χ2v) is 7.12. The Kier molecular flexibility index (Phi) is 6.11. The SMILES string of the molecule is Cc1ccc2cc(CN(CCO)C(=S)Nc3cccc(Cl)c3)c(=O)[nH]c2c1. The van der Waals surface area contributed by atoms with Crippen LogP contribution in [0.1, 0.15) is 11.1 Å². The van der Waals surface area contributed by atoms with Crippen LogP contribution in [-0.2, 0) is 6.54 Å². The normalized spacial score (nSPS) is 10.8. The number of aliphatic hydroxyl groups is 1. The number of halogens is 1. The minimum atomic E-state index is -0.165. The van der Waals surface area contributed by atoms with Gasteiger partial charge in [0, 0.05) is 28.3 Å². The van der Waals surface area contributed by atoms with Gasteiger partial charge in [0.25, 0.3) is 5.56 Å². The zero-order valence-corrected chi connectivity index (χ0v) is 16.4. The number of pyridine rings is 1. The average Bonchev–Trinajstić information content (AvgIpc) is 2.62. The van der Waals surface area contributed by atoms with Crippen LogP contribution in [0.25, 0.3) is 10.9 Å². The summed E-state index contributed by atoms with van der Waals surface area (Å²) in [6.07, 6.45) is 0. The maximum absolute atomic E-state index is 12.5. The van der Waals surface area contributed by atoms with E-state index in [1.165, 1.54) is 0 Å². The molecule has 3 N–H and O–H groups in total. The summed E-state index contributed by atoms with van der Waals surface area (Å²) in [7, 11) is 0. The predicted octanol–water partition coefficient (Wildman–Crippen LogP) is 3.68. The highest BCUT2D eigenvalue weighted by molar-refractivity contribution is 7.80. The Labute approximate surface area is 167 Å². The van der Waals surface area contributed by atoms with Crippen molar-refractivity contribution in [2.24, 2.45) is 0 Å². The van der Waals surface area contributed by atoms with Crippen LogP contribution in [0.2, 0.25) is 5.02 Å². The van der Waals surface area contributed by atoms with Gasteiger partial charge in [-0.25, -0.2) is 0 Å². The molecule has 0 saturated carbocycles. The van der Waals surface area contributed by atoms with Crippen molar-refractivity contribution in [3.63, 3.8) is 0 Å². The van der Waals surface area contributed by atoms with Crippen molar-refractivity contribution in [1.82, 2.24) is 9.88 Å². The summed E-state index contributed by atoms with van der Waals surface area (Å²) >= 11 is 11.5. The number of thiocarbonyl (C=S) groups is 1. The number of hydrogen-bond donors (Lipinski definition) is 3. The number of H-pyrrole nitrogens is 1. The van der Waals surface area contributed by atoms with Crippen molar-refractivity contribution in [2.75, 3.05) is 18.5 Å². The number of rotatable bonds is 5. The van der Waals surface area contributed by atoms with E-state index in [2.05, 4.69) is 10.3 Å². The first-order chi connectivity index (χ1) is 13.0. The van der Waals surface area contributed by atoms with Crippen LogP contribution in [0, 0.1) is 6.92 Å². The van der Waals surface area contributed by atoms with E-state index < -0.39 is 0 Å². The van der Waals surface area contributed by atoms with Crippen LogP contribution in [0.15, 0.2) is 53.3 Å². The third-order valence-corrected chi connectivity index (χ3v) is 4.77. The molecule has 2 aromatic carbocycles. The molecule has 0 unspecified atom stereocenters. The van der Waals surface area contributed by atoms with Gasteiger partial charge in [0.2, 0.25) is 0 Å². The zero-order chi connectivity index (χ0) is 19.4. The molecule has 140 valence electrons. The molecule has 27 heavy (non-hydrogen) atoms. The van der Waals surface area contributed by atoms with Crippen molar-refractivity contribution in [1.29, 1.82) is 0 Å². The lowest BCUT2D eigenvalue weighted by molar-refractivity contribution is 0.248. The standard InChI is InChI=1S/C20H20ClN3O2S/c1-13-5-6-14-10-15(19(26)23-18(14)9-13)12-24(7-8-25)20(27)22-17-4-2-3-16(21)11-17/h2-6,9-11,25H,7-8,12H2,1H3,(H,22,27)(H,23,26). The first kappa shape index (κ1) is 19.4. The Bertz CT molecular complexity index is 1040. The second kappa shape index (κ2) is 8.52. The first-order valence-corrected chi connectivity index (χ1v) is 9.30. The second-order valence-electron chi connectivity index (χ2n) is 6.30. The quantitative estimate of drug-likeness (QED) is 0.569. The van der Waals surface area contributed by atoms with E-state index in [9.17, 15) is 9.90 Å². The molecule has 7 heteroatoms. The summed E-state index contributed by atoms with van der Waals surface area (Å²) in [5, 5.41) is 14.5. The summed E-state index contributed by atoms with van der Waals surface area (Å²) in [5.41, 5.74) is 3.05. The summed E-state index contributed by atoms with van der Waals surface area (Å²) in [6.45, 7) is 2.49. The van der Waals surface area contributed by atoms with Crippen molar-refractivity contribution in [2.45, 2.75) is 13.5 Å². The Balaban J connectivity index is 1.84. The molecule has 0 spiro atoms. The lowest BCUT2D eigenvalue weighted by Gasteiger charge is -2.25. The molecule has 3 rings (SSSR count). The first-order valence-electron chi connectivity index (χ1n) is 8.51. The summed E-state index contributed by atoms with van der Waals surface area (Å²) in [4.78, 5) is 17.2. The van der Waals surface area contributed by atoms with Crippen LogP contribution >= 0.6 is 23.8 Å². The van der Waals surface area contributed by atoms with E-state index in [1.807, 2.05) is 43.3 Å². The van der Waals surface area contributed by atoms with Crippen LogP contribution in [-0.4, -0.2) is 33.3 Å². The van der Waals surface area contributed by atoms with Gasteiger partial charge in [-0.15, -0.1) is 0 Å². The van der Waals surface area contributed by atoms with Gasteiger partial charge in [-0.2, -0.15) is 0 Å². The van der Waals surface area contributed by atoms with Gasteiger partial charge in [0.05, 0.1) is 13.2 Å². The van der Waals surface area contributed by atoms with Gasteiger partial charge in [-0.1, -0.05) is 29.8 Å². The number of aromatic nitrogens is 1. The van der Waals surface area contributed by atoms with Crippen molar-refractivity contribution in [3.8, 4) is 0 Å². The fourth-order valence-electron chi connectivity index (χ4n) is 2.83. The van der Waals surface area contributed by atoms with Crippen LogP contribution in [0.3, 0.4) is 0 Å². The molecule has 0 aliphatic carbocycles. The number of nitrogens with zero attached hydrogens (tertiary/aromatic N) is 1. The number of fused-ring (bicyclic) bond motifs is 1. The number of aryl methyl sites for hydroxylation is 1. The van der Waals surface area contributed by atoms with E-state index in [0.717, 1.165) is 22.2 Å². The summed E-state index contributed by atoms with van der Waals surface area (Å²) in [6, 6.07) is 15.0. The number of hydrogen-bond acceptors (Lipinski definition) is 3. The van der Waals surface area contributed by atoms with Crippen LogP contribution in [0.5, 0.6) is 0 Å².